The Morgan fingerprint density at radius 1 is 1.10 bits per heavy atom. The van der Waals surface area contributed by atoms with E-state index in [4.69, 9.17) is 14.0 Å². The second kappa shape index (κ2) is 6.01. The van der Waals surface area contributed by atoms with Crippen LogP contribution in [0.15, 0.2) is 24.3 Å². The Morgan fingerprint density at radius 3 is 2.29 bits per heavy atom. The van der Waals surface area contributed by atoms with Crippen molar-refractivity contribution in [2.75, 3.05) is 6.61 Å². The fraction of sp³-hybridized carbons (Fsp3) is 0.647. The van der Waals surface area contributed by atoms with Crippen LogP contribution in [0.5, 0.6) is 5.75 Å². The van der Waals surface area contributed by atoms with E-state index < -0.39 is 0 Å². The van der Waals surface area contributed by atoms with Crippen LogP contribution in [0.25, 0.3) is 0 Å². The van der Waals surface area contributed by atoms with Gasteiger partial charge >= 0.3 is 7.12 Å². The van der Waals surface area contributed by atoms with Crippen LogP contribution in [0.3, 0.4) is 0 Å². The fourth-order valence-corrected chi connectivity index (χ4v) is 2.14. The monoisotopic (exact) mass is 290 g/mol. The lowest BCUT2D eigenvalue weighted by Gasteiger charge is -2.32. The molecule has 0 N–H and O–H groups in total. The molecule has 0 aliphatic carbocycles. The normalized spacial score (nSPS) is 20.0. The van der Waals surface area contributed by atoms with Crippen LogP contribution in [0.1, 0.15) is 48.0 Å². The summed E-state index contributed by atoms with van der Waals surface area (Å²) in [5.74, 6) is 1.53. The number of ether oxygens (including phenoxy) is 1. The van der Waals surface area contributed by atoms with Gasteiger partial charge in [0, 0.05) is 0 Å². The third-order valence-electron chi connectivity index (χ3n) is 4.35. The third kappa shape index (κ3) is 3.80. The zero-order chi connectivity index (χ0) is 15.7. The molecule has 1 aromatic rings. The van der Waals surface area contributed by atoms with Crippen molar-refractivity contribution in [2.24, 2.45) is 5.92 Å². The van der Waals surface area contributed by atoms with Gasteiger partial charge in [-0.25, -0.2) is 0 Å². The van der Waals surface area contributed by atoms with Crippen molar-refractivity contribution in [1.29, 1.82) is 0 Å². The number of rotatable bonds is 5. The van der Waals surface area contributed by atoms with Crippen LogP contribution >= 0.6 is 0 Å². The van der Waals surface area contributed by atoms with E-state index in [-0.39, 0.29) is 18.3 Å². The van der Waals surface area contributed by atoms with Crippen LogP contribution in [-0.2, 0) is 9.31 Å². The van der Waals surface area contributed by atoms with Crippen LogP contribution in [0.2, 0.25) is 0 Å². The second-order valence-corrected chi connectivity index (χ2v) is 7.19. The molecule has 1 aliphatic rings. The van der Waals surface area contributed by atoms with E-state index in [9.17, 15) is 0 Å². The summed E-state index contributed by atoms with van der Waals surface area (Å²) >= 11 is 0. The molecule has 1 heterocycles. The first-order valence-electron chi connectivity index (χ1n) is 7.80. The van der Waals surface area contributed by atoms with Gasteiger partial charge in [0.15, 0.2) is 0 Å². The Kier molecular flexibility index (Phi) is 4.69. The van der Waals surface area contributed by atoms with Crippen molar-refractivity contribution in [1.82, 2.24) is 0 Å². The highest BCUT2D eigenvalue weighted by Gasteiger charge is 2.51. The van der Waals surface area contributed by atoms with Crippen molar-refractivity contribution < 1.29 is 14.0 Å². The molecule has 0 saturated carbocycles. The van der Waals surface area contributed by atoms with Crippen molar-refractivity contribution in [3.63, 3.8) is 0 Å². The molecule has 21 heavy (non-hydrogen) atoms. The maximum absolute atomic E-state index is 6.07. The Labute approximate surface area is 129 Å². The van der Waals surface area contributed by atoms with Crippen LogP contribution in [-0.4, -0.2) is 24.9 Å². The number of benzene rings is 1. The molecular formula is C17H27BO3. The van der Waals surface area contributed by atoms with Gasteiger partial charge in [-0.3, -0.25) is 0 Å². The summed E-state index contributed by atoms with van der Waals surface area (Å²) in [6.07, 6.45) is 1.06. The standard InChI is InChI=1S/C17H27BO3/c1-13(2)10-11-19-15-9-7-8-14(12-15)18-20-16(3,4)17(5,6)21-18/h7-9,12-13H,10-11H2,1-6H3. The summed E-state index contributed by atoms with van der Waals surface area (Å²) in [5, 5.41) is 0. The second-order valence-electron chi connectivity index (χ2n) is 7.19. The largest absolute Gasteiger partial charge is 0.494 e. The predicted molar refractivity (Wildman–Crippen MR) is 87.1 cm³/mol. The van der Waals surface area contributed by atoms with Crippen LogP contribution in [0, 0.1) is 5.92 Å². The zero-order valence-electron chi connectivity index (χ0n) is 14.1. The van der Waals surface area contributed by atoms with Crippen LogP contribution in [0.4, 0.5) is 0 Å². The molecule has 0 atom stereocenters. The molecule has 0 spiro atoms. The Bertz CT molecular complexity index is 467. The number of hydrogen-bond acceptors (Lipinski definition) is 3. The molecule has 2 rings (SSSR count). The maximum atomic E-state index is 6.07. The first-order chi connectivity index (χ1) is 9.71. The molecular weight excluding hydrogens is 263 g/mol. The summed E-state index contributed by atoms with van der Waals surface area (Å²) in [5.41, 5.74) is 0.383. The Morgan fingerprint density at radius 2 is 1.71 bits per heavy atom. The molecule has 0 radical (unpaired) electrons. The smallest absolute Gasteiger partial charge is 0.494 e. The van der Waals surface area contributed by atoms with Gasteiger partial charge < -0.3 is 14.0 Å². The highest BCUT2D eigenvalue weighted by molar-refractivity contribution is 6.62. The van der Waals surface area contributed by atoms with Gasteiger partial charge in [-0.2, -0.15) is 0 Å². The average molecular weight is 290 g/mol. The topological polar surface area (TPSA) is 27.7 Å². The van der Waals surface area contributed by atoms with Crippen molar-refractivity contribution in [3.05, 3.63) is 24.3 Å². The minimum Gasteiger partial charge on any atom is -0.494 e. The Balaban J connectivity index is 2.05. The molecule has 0 unspecified atom stereocenters. The van der Waals surface area contributed by atoms with Gasteiger partial charge in [-0.15, -0.1) is 0 Å². The summed E-state index contributed by atoms with van der Waals surface area (Å²) in [7, 11) is -0.330. The molecule has 1 aliphatic heterocycles. The van der Waals surface area contributed by atoms with E-state index >= 15 is 0 Å². The zero-order valence-corrected chi connectivity index (χ0v) is 14.1. The predicted octanol–water partition coefficient (Wildman–Crippen LogP) is 3.41. The van der Waals surface area contributed by atoms with Crippen molar-refractivity contribution in [3.8, 4) is 5.75 Å². The fourth-order valence-electron chi connectivity index (χ4n) is 2.14. The van der Waals surface area contributed by atoms with E-state index in [1.807, 2.05) is 24.3 Å². The molecule has 0 aromatic heterocycles. The van der Waals surface area contributed by atoms with Gasteiger partial charge in [-0.05, 0) is 57.6 Å². The van der Waals surface area contributed by atoms with Gasteiger partial charge in [0.1, 0.15) is 5.75 Å². The molecule has 1 fully saturated rings. The molecule has 0 bridgehead atoms. The SMILES string of the molecule is CC(C)CCOc1cccc(B2OC(C)(C)C(C)(C)O2)c1. The van der Waals surface area contributed by atoms with Gasteiger partial charge in [0.2, 0.25) is 0 Å². The lowest BCUT2D eigenvalue weighted by Crippen LogP contribution is -2.41. The first-order valence-corrected chi connectivity index (χ1v) is 7.80. The summed E-state index contributed by atoms with van der Waals surface area (Å²) in [4.78, 5) is 0. The molecule has 0 amide bonds. The van der Waals surface area contributed by atoms with Gasteiger partial charge in [0.05, 0.1) is 17.8 Å². The van der Waals surface area contributed by atoms with Crippen molar-refractivity contribution >= 4 is 12.6 Å². The van der Waals surface area contributed by atoms with E-state index in [0.717, 1.165) is 24.2 Å². The molecule has 3 nitrogen and oxygen atoms in total. The van der Waals surface area contributed by atoms with E-state index in [1.165, 1.54) is 0 Å². The lowest BCUT2D eigenvalue weighted by atomic mass is 9.79. The number of hydrogen-bond donors (Lipinski definition) is 0. The highest BCUT2D eigenvalue weighted by atomic mass is 16.7. The van der Waals surface area contributed by atoms with Gasteiger partial charge in [0.25, 0.3) is 0 Å². The third-order valence-corrected chi connectivity index (χ3v) is 4.35. The summed E-state index contributed by atoms with van der Waals surface area (Å²) in [6, 6.07) is 8.01. The molecule has 4 heteroatoms. The van der Waals surface area contributed by atoms with Crippen LogP contribution < -0.4 is 10.2 Å². The molecule has 1 aromatic carbocycles. The summed E-state index contributed by atoms with van der Waals surface area (Å²) in [6.45, 7) is 13.4. The first kappa shape index (κ1) is 16.4. The quantitative estimate of drug-likeness (QED) is 0.778. The minimum absolute atomic E-state index is 0.313. The summed E-state index contributed by atoms with van der Waals surface area (Å²) < 4.78 is 17.9. The highest BCUT2D eigenvalue weighted by Crippen LogP contribution is 2.36. The molecule has 116 valence electrons. The van der Waals surface area contributed by atoms with E-state index in [2.05, 4.69) is 41.5 Å². The maximum Gasteiger partial charge on any atom is 0.494 e. The molecule has 1 saturated heterocycles. The van der Waals surface area contributed by atoms with E-state index in [1.54, 1.807) is 0 Å². The lowest BCUT2D eigenvalue weighted by molar-refractivity contribution is 0.00578. The average Bonchev–Trinajstić information content (AvgIpc) is 2.58. The van der Waals surface area contributed by atoms with E-state index in [0.29, 0.717) is 5.92 Å². The van der Waals surface area contributed by atoms with Gasteiger partial charge in [-0.1, -0.05) is 26.0 Å². The Hall–Kier alpha value is -0.995. The minimum atomic E-state index is -0.330. The van der Waals surface area contributed by atoms with Crippen molar-refractivity contribution in [2.45, 2.75) is 59.2 Å².